The molecule has 0 fully saturated rings. The first-order valence-electron chi connectivity index (χ1n) is 13.6. The smallest absolute Gasteiger partial charge is 0.100 e. The minimum absolute atomic E-state index is 0.552. The Bertz CT molecular complexity index is 2450. The number of rotatable bonds is 3. The van der Waals surface area contributed by atoms with Gasteiger partial charge in [0.2, 0.25) is 0 Å². The zero-order valence-corrected chi connectivity index (χ0v) is 23.9. The maximum atomic E-state index is 10.6. The van der Waals surface area contributed by atoms with Crippen molar-refractivity contribution in [3.8, 4) is 45.5 Å². The summed E-state index contributed by atoms with van der Waals surface area (Å²) in [5, 5.41) is 25.5. The fourth-order valence-electron chi connectivity index (χ4n) is 6.08. The Morgan fingerprint density at radius 1 is 0.429 bits per heavy atom. The highest BCUT2D eigenvalue weighted by molar-refractivity contribution is 7.26. The normalized spacial score (nSPS) is 11.3. The summed E-state index contributed by atoms with van der Waals surface area (Å²) in [6, 6.07) is 46.6. The second kappa shape index (κ2) is 9.68. The Kier molecular flexibility index (Phi) is 5.66. The van der Waals surface area contributed by atoms with Gasteiger partial charge >= 0.3 is 0 Å². The summed E-state index contributed by atoms with van der Waals surface area (Å²) in [4.78, 5) is 0. The number of fused-ring (bicyclic) bond motifs is 6. The number of nitrogens with zero attached hydrogens (tertiary/aromatic N) is 2. The van der Waals surface area contributed by atoms with Crippen molar-refractivity contribution in [3.05, 3.63) is 132 Å². The second-order valence-electron chi connectivity index (χ2n) is 10.3. The molecule has 0 spiro atoms. The molecule has 8 aromatic rings. The van der Waals surface area contributed by atoms with Gasteiger partial charge in [-0.1, -0.05) is 78.9 Å². The lowest BCUT2D eigenvalue weighted by Gasteiger charge is -2.16. The Hall–Kier alpha value is -5.26. The topological polar surface area (TPSA) is 47.6 Å². The minimum atomic E-state index is 0.552. The van der Waals surface area contributed by atoms with Crippen molar-refractivity contribution in [2.75, 3.05) is 0 Å². The van der Waals surface area contributed by atoms with Crippen molar-refractivity contribution in [2.24, 2.45) is 0 Å². The van der Waals surface area contributed by atoms with Gasteiger partial charge in [0.1, 0.15) is 6.07 Å². The highest BCUT2D eigenvalue weighted by Gasteiger charge is 2.20. The molecule has 0 unspecified atom stereocenters. The largest absolute Gasteiger partial charge is 0.192 e. The van der Waals surface area contributed by atoms with E-state index in [1.54, 1.807) is 22.7 Å². The first kappa shape index (κ1) is 24.5. The van der Waals surface area contributed by atoms with Gasteiger partial charge in [-0.25, -0.2) is 0 Å². The number of thiophene rings is 2. The molecule has 0 aliphatic rings. The van der Waals surface area contributed by atoms with Crippen LogP contribution in [0.4, 0.5) is 0 Å². The third-order valence-electron chi connectivity index (χ3n) is 7.99. The van der Waals surface area contributed by atoms with Gasteiger partial charge in [-0.05, 0) is 59.2 Å². The van der Waals surface area contributed by atoms with Gasteiger partial charge in [-0.15, -0.1) is 22.7 Å². The standard InChI is InChI=1S/C38H20N2S2/c39-21-24-8-1-2-9-26(24)32-19-25(27-12-7-15-36-38(27)30-11-4-6-14-35(30)41-36)18-31(33(32)22-40)23-16-17-29-28-10-3-5-13-34(28)42-37(29)20-23/h1-20H. The molecule has 0 saturated heterocycles. The van der Waals surface area contributed by atoms with Gasteiger partial charge in [0.25, 0.3) is 0 Å². The zero-order chi connectivity index (χ0) is 28.2. The molecular weight excluding hydrogens is 549 g/mol. The van der Waals surface area contributed by atoms with Crippen LogP contribution in [0.1, 0.15) is 11.1 Å². The first-order chi connectivity index (χ1) is 20.7. The Morgan fingerprint density at radius 3 is 1.90 bits per heavy atom. The Morgan fingerprint density at radius 2 is 1.07 bits per heavy atom. The second-order valence-corrected chi connectivity index (χ2v) is 12.5. The number of hydrogen-bond acceptors (Lipinski definition) is 4. The van der Waals surface area contributed by atoms with E-state index in [-0.39, 0.29) is 0 Å². The highest BCUT2D eigenvalue weighted by atomic mass is 32.1. The van der Waals surface area contributed by atoms with Gasteiger partial charge in [0, 0.05) is 57.0 Å². The summed E-state index contributed by atoms with van der Waals surface area (Å²) < 4.78 is 4.91. The van der Waals surface area contributed by atoms with E-state index < -0.39 is 0 Å². The van der Waals surface area contributed by atoms with Crippen molar-refractivity contribution < 1.29 is 0 Å². The third-order valence-corrected chi connectivity index (χ3v) is 10.3. The average molecular weight is 569 g/mol. The van der Waals surface area contributed by atoms with Crippen LogP contribution in [-0.2, 0) is 0 Å². The molecule has 0 saturated carbocycles. The van der Waals surface area contributed by atoms with Gasteiger partial charge in [-0.2, -0.15) is 10.5 Å². The lowest BCUT2D eigenvalue weighted by molar-refractivity contribution is 1.45. The van der Waals surface area contributed by atoms with Crippen LogP contribution < -0.4 is 0 Å². The molecule has 0 radical (unpaired) electrons. The number of hydrogen-bond donors (Lipinski definition) is 0. The van der Waals surface area contributed by atoms with E-state index >= 15 is 0 Å². The molecule has 0 amide bonds. The minimum Gasteiger partial charge on any atom is -0.192 e. The highest BCUT2D eigenvalue weighted by Crippen LogP contribution is 2.44. The van der Waals surface area contributed by atoms with E-state index in [0.717, 1.165) is 33.4 Å². The van der Waals surface area contributed by atoms with E-state index in [9.17, 15) is 10.5 Å². The Balaban J connectivity index is 1.46. The molecular formula is C38H20N2S2. The van der Waals surface area contributed by atoms with E-state index in [4.69, 9.17) is 0 Å². The quantitative estimate of drug-likeness (QED) is 0.213. The van der Waals surface area contributed by atoms with Crippen LogP contribution in [0.15, 0.2) is 121 Å². The van der Waals surface area contributed by atoms with E-state index in [0.29, 0.717) is 11.1 Å². The van der Waals surface area contributed by atoms with Crippen LogP contribution in [0.2, 0.25) is 0 Å². The summed E-state index contributed by atoms with van der Waals surface area (Å²) in [5.41, 5.74) is 6.67. The van der Waals surface area contributed by atoms with Crippen molar-refractivity contribution in [2.45, 2.75) is 0 Å². The summed E-state index contributed by atoms with van der Waals surface area (Å²) in [6.45, 7) is 0. The monoisotopic (exact) mass is 568 g/mol. The summed E-state index contributed by atoms with van der Waals surface area (Å²) in [6.07, 6.45) is 0. The fourth-order valence-corrected chi connectivity index (χ4v) is 8.36. The zero-order valence-electron chi connectivity index (χ0n) is 22.3. The maximum absolute atomic E-state index is 10.6. The predicted molar refractivity (Wildman–Crippen MR) is 178 cm³/mol. The number of benzene rings is 6. The molecule has 2 heterocycles. The van der Waals surface area contributed by atoms with Crippen molar-refractivity contribution >= 4 is 63.0 Å². The molecule has 2 aromatic heterocycles. The van der Waals surface area contributed by atoms with Gasteiger partial charge in [0.15, 0.2) is 0 Å². The van der Waals surface area contributed by atoms with Crippen LogP contribution in [0.3, 0.4) is 0 Å². The first-order valence-corrected chi connectivity index (χ1v) is 15.3. The number of nitriles is 2. The van der Waals surface area contributed by atoms with Gasteiger partial charge < -0.3 is 0 Å². The third kappa shape index (κ3) is 3.75. The molecule has 0 aliphatic heterocycles. The van der Waals surface area contributed by atoms with Crippen LogP contribution in [-0.4, -0.2) is 0 Å². The molecule has 2 nitrogen and oxygen atoms in total. The van der Waals surface area contributed by atoms with E-state index in [2.05, 4.69) is 109 Å². The van der Waals surface area contributed by atoms with Crippen molar-refractivity contribution in [1.82, 2.24) is 0 Å². The molecule has 42 heavy (non-hydrogen) atoms. The van der Waals surface area contributed by atoms with Crippen molar-refractivity contribution in [3.63, 3.8) is 0 Å². The van der Waals surface area contributed by atoms with Crippen molar-refractivity contribution in [1.29, 1.82) is 10.5 Å². The summed E-state index contributed by atoms with van der Waals surface area (Å²) in [7, 11) is 0. The SMILES string of the molecule is N#Cc1ccccc1-c1cc(-c2cccc3sc4ccccc4c23)cc(-c2ccc3c(c2)sc2ccccc23)c1C#N. The van der Waals surface area contributed by atoms with Crippen LogP contribution >= 0.6 is 22.7 Å². The van der Waals surface area contributed by atoms with Crippen LogP contribution in [0.5, 0.6) is 0 Å². The Labute approximate surface area is 250 Å². The lowest BCUT2D eigenvalue weighted by Crippen LogP contribution is -1.95. The lowest BCUT2D eigenvalue weighted by atomic mass is 9.86. The average Bonchev–Trinajstić information content (AvgIpc) is 3.62. The fraction of sp³-hybridized carbons (Fsp3) is 0. The molecule has 6 aromatic carbocycles. The molecule has 4 heteroatoms. The van der Waals surface area contributed by atoms with Gasteiger partial charge in [0.05, 0.1) is 17.2 Å². The van der Waals surface area contributed by atoms with E-state index in [1.807, 2.05) is 24.3 Å². The van der Waals surface area contributed by atoms with Crippen LogP contribution in [0.25, 0.3) is 73.7 Å². The molecule has 8 rings (SSSR count). The molecule has 194 valence electrons. The maximum Gasteiger partial charge on any atom is 0.100 e. The van der Waals surface area contributed by atoms with Crippen LogP contribution in [0, 0.1) is 22.7 Å². The summed E-state index contributed by atoms with van der Waals surface area (Å²) >= 11 is 3.57. The summed E-state index contributed by atoms with van der Waals surface area (Å²) in [5.74, 6) is 0. The molecule has 0 atom stereocenters. The van der Waals surface area contributed by atoms with E-state index in [1.165, 1.54) is 40.3 Å². The molecule has 0 bridgehead atoms. The molecule has 0 N–H and O–H groups in total. The van der Waals surface area contributed by atoms with Gasteiger partial charge in [-0.3, -0.25) is 0 Å². The molecule has 0 aliphatic carbocycles. The predicted octanol–water partition coefficient (Wildman–Crippen LogP) is 11.2.